The van der Waals surface area contributed by atoms with Crippen molar-refractivity contribution in [2.45, 2.75) is 71.3 Å². The largest absolute Gasteiger partial charge is 0.314 e. The summed E-state index contributed by atoms with van der Waals surface area (Å²) in [4.78, 5) is 0. The van der Waals surface area contributed by atoms with Gasteiger partial charge in [-0.2, -0.15) is 0 Å². The van der Waals surface area contributed by atoms with Crippen LogP contribution in [0, 0.1) is 5.92 Å². The first-order valence-electron chi connectivity index (χ1n) is 6.61. The fourth-order valence-corrected chi connectivity index (χ4v) is 2.68. The highest BCUT2D eigenvalue weighted by molar-refractivity contribution is 4.79. The van der Waals surface area contributed by atoms with Crippen LogP contribution in [0.2, 0.25) is 0 Å². The maximum atomic E-state index is 3.66. The van der Waals surface area contributed by atoms with Crippen molar-refractivity contribution in [3.8, 4) is 0 Å². The van der Waals surface area contributed by atoms with E-state index >= 15 is 0 Å². The fraction of sp³-hybridized carbons (Fsp3) is 1.00. The Morgan fingerprint density at radius 2 is 2.00 bits per heavy atom. The van der Waals surface area contributed by atoms with Gasteiger partial charge in [-0.3, -0.25) is 0 Å². The Kier molecular flexibility index (Phi) is 6.25. The first-order valence-corrected chi connectivity index (χ1v) is 6.61. The predicted octanol–water partition coefficient (Wildman–Crippen LogP) is 3.74. The summed E-state index contributed by atoms with van der Waals surface area (Å²) in [6.45, 7) is 5.86. The molecule has 1 saturated heterocycles. The molecule has 0 amide bonds. The number of rotatable bonds is 6. The summed E-state index contributed by atoms with van der Waals surface area (Å²) < 4.78 is 0. The second kappa shape index (κ2) is 7.28. The van der Waals surface area contributed by atoms with E-state index in [-0.39, 0.29) is 0 Å². The average Bonchev–Trinajstić information content (AvgIpc) is 2.25. The van der Waals surface area contributed by atoms with Crippen LogP contribution in [0.4, 0.5) is 0 Å². The smallest absolute Gasteiger partial charge is 0.00927 e. The molecule has 0 spiro atoms. The topological polar surface area (TPSA) is 12.0 Å². The average molecular weight is 197 g/mol. The standard InChI is InChI=1S/C13H27N/c1-3-5-6-7-9-12-10-8-11-14-13(12)4-2/h12-14H,3-11H2,1-2H3. The Balaban J connectivity index is 2.13. The molecule has 2 unspecified atom stereocenters. The zero-order chi connectivity index (χ0) is 10.2. The fourth-order valence-electron chi connectivity index (χ4n) is 2.68. The van der Waals surface area contributed by atoms with Gasteiger partial charge in [0.1, 0.15) is 0 Å². The zero-order valence-electron chi connectivity index (χ0n) is 10.0. The highest BCUT2D eigenvalue weighted by atomic mass is 14.9. The maximum absolute atomic E-state index is 3.66. The molecule has 0 aliphatic carbocycles. The maximum Gasteiger partial charge on any atom is 0.00927 e. The summed E-state index contributed by atoms with van der Waals surface area (Å²) in [5, 5.41) is 3.66. The van der Waals surface area contributed by atoms with Crippen LogP contribution in [0.1, 0.15) is 65.2 Å². The third kappa shape index (κ3) is 4.00. The molecule has 84 valence electrons. The second-order valence-corrected chi connectivity index (χ2v) is 4.72. The Hall–Kier alpha value is -0.0400. The molecule has 1 nitrogen and oxygen atoms in total. The zero-order valence-corrected chi connectivity index (χ0v) is 10.0. The second-order valence-electron chi connectivity index (χ2n) is 4.72. The minimum atomic E-state index is 0.824. The van der Waals surface area contributed by atoms with Gasteiger partial charge in [-0.05, 0) is 38.1 Å². The Labute approximate surface area is 89.7 Å². The van der Waals surface area contributed by atoms with Gasteiger partial charge in [-0.25, -0.2) is 0 Å². The minimum Gasteiger partial charge on any atom is -0.314 e. The highest BCUT2D eigenvalue weighted by Crippen LogP contribution is 2.24. The van der Waals surface area contributed by atoms with Gasteiger partial charge < -0.3 is 5.32 Å². The molecule has 2 atom stereocenters. The summed E-state index contributed by atoms with van der Waals surface area (Å²) in [6, 6.07) is 0.824. The number of hydrogen-bond donors (Lipinski definition) is 1. The number of hydrogen-bond acceptors (Lipinski definition) is 1. The van der Waals surface area contributed by atoms with E-state index in [4.69, 9.17) is 0 Å². The summed E-state index contributed by atoms with van der Waals surface area (Å²) in [5.41, 5.74) is 0. The lowest BCUT2D eigenvalue weighted by molar-refractivity contribution is 0.253. The van der Waals surface area contributed by atoms with Crippen LogP contribution in [0.25, 0.3) is 0 Å². The van der Waals surface area contributed by atoms with Crippen LogP contribution in [0.5, 0.6) is 0 Å². The van der Waals surface area contributed by atoms with Gasteiger partial charge in [0, 0.05) is 6.04 Å². The van der Waals surface area contributed by atoms with E-state index in [0.717, 1.165) is 12.0 Å². The van der Waals surface area contributed by atoms with Crippen molar-refractivity contribution in [2.24, 2.45) is 5.92 Å². The quantitative estimate of drug-likeness (QED) is 0.640. The van der Waals surface area contributed by atoms with Crippen LogP contribution in [-0.4, -0.2) is 12.6 Å². The molecule has 1 rings (SSSR count). The Bertz CT molecular complexity index is 133. The van der Waals surface area contributed by atoms with E-state index in [2.05, 4.69) is 19.2 Å². The van der Waals surface area contributed by atoms with Crippen molar-refractivity contribution in [3.05, 3.63) is 0 Å². The summed E-state index contributed by atoms with van der Waals surface area (Å²) in [5.74, 6) is 0.977. The van der Waals surface area contributed by atoms with Crippen LogP contribution < -0.4 is 5.32 Å². The molecule has 1 fully saturated rings. The lowest BCUT2D eigenvalue weighted by atomic mass is 9.85. The van der Waals surface area contributed by atoms with E-state index in [0.29, 0.717) is 0 Å². The van der Waals surface area contributed by atoms with Crippen molar-refractivity contribution in [2.75, 3.05) is 6.54 Å². The summed E-state index contributed by atoms with van der Waals surface area (Å²) in [7, 11) is 0. The first-order chi connectivity index (χ1) is 6.88. The summed E-state index contributed by atoms with van der Waals surface area (Å²) >= 11 is 0. The van der Waals surface area contributed by atoms with E-state index in [1.807, 2.05) is 0 Å². The minimum absolute atomic E-state index is 0.824. The van der Waals surface area contributed by atoms with Crippen LogP contribution in [-0.2, 0) is 0 Å². The third-order valence-corrected chi connectivity index (χ3v) is 3.60. The normalized spacial score (nSPS) is 27.9. The summed E-state index contributed by atoms with van der Waals surface area (Å²) in [6.07, 6.45) is 11.3. The monoisotopic (exact) mass is 197 g/mol. The molecule has 0 saturated carbocycles. The van der Waals surface area contributed by atoms with Gasteiger partial charge >= 0.3 is 0 Å². The first kappa shape index (κ1) is 12.0. The van der Waals surface area contributed by atoms with Gasteiger partial charge in [0.2, 0.25) is 0 Å². The molecule has 1 N–H and O–H groups in total. The number of piperidine rings is 1. The van der Waals surface area contributed by atoms with Gasteiger partial charge in [0.25, 0.3) is 0 Å². The van der Waals surface area contributed by atoms with Crippen LogP contribution in [0.3, 0.4) is 0 Å². The molecular weight excluding hydrogens is 170 g/mol. The van der Waals surface area contributed by atoms with Crippen molar-refractivity contribution < 1.29 is 0 Å². The van der Waals surface area contributed by atoms with E-state index in [9.17, 15) is 0 Å². The predicted molar refractivity (Wildman–Crippen MR) is 63.6 cm³/mol. The molecule has 0 aromatic rings. The Morgan fingerprint density at radius 1 is 1.14 bits per heavy atom. The van der Waals surface area contributed by atoms with Gasteiger partial charge in [-0.1, -0.05) is 39.5 Å². The van der Waals surface area contributed by atoms with E-state index in [1.54, 1.807) is 0 Å². The molecule has 0 aromatic carbocycles. The molecule has 0 aromatic heterocycles. The molecule has 1 heteroatoms. The lowest BCUT2D eigenvalue weighted by Crippen LogP contribution is -2.40. The molecular formula is C13H27N. The lowest BCUT2D eigenvalue weighted by Gasteiger charge is -2.32. The number of unbranched alkanes of at least 4 members (excludes halogenated alkanes) is 3. The van der Waals surface area contributed by atoms with Crippen LogP contribution in [0.15, 0.2) is 0 Å². The Morgan fingerprint density at radius 3 is 2.71 bits per heavy atom. The van der Waals surface area contributed by atoms with Crippen molar-refractivity contribution in [1.82, 2.24) is 5.32 Å². The van der Waals surface area contributed by atoms with Crippen LogP contribution >= 0.6 is 0 Å². The SMILES string of the molecule is CCCCCCC1CCCNC1CC. The van der Waals surface area contributed by atoms with Gasteiger partial charge in [-0.15, -0.1) is 0 Å². The molecule has 1 aliphatic rings. The number of nitrogens with one attached hydrogen (secondary N) is 1. The molecule has 14 heavy (non-hydrogen) atoms. The van der Waals surface area contributed by atoms with Crippen molar-refractivity contribution in [3.63, 3.8) is 0 Å². The van der Waals surface area contributed by atoms with Gasteiger partial charge in [0.05, 0.1) is 0 Å². The van der Waals surface area contributed by atoms with Crippen molar-refractivity contribution >= 4 is 0 Å². The molecule has 0 radical (unpaired) electrons. The molecule has 1 heterocycles. The molecule has 1 aliphatic heterocycles. The van der Waals surface area contributed by atoms with Crippen molar-refractivity contribution in [1.29, 1.82) is 0 Å². The van der Waals surface area contributed by atoms with E-state index < -0.39 is 0 Å². The highest BCUT2D eigenvalue weighted by Gasteiger charge is 2.22. The third-order valence-electron chi connectivity index (χ3n) is 3.60. The van der Waals surface area contributed by atoms with E-state index in [1.165, 1.54) is 57.9 Å². The molecule has 0 bridgehead atoms. The van der Waals surface area contributed by atoms with Gasteiger partial charge in [0.15, 0.2) is 0 Å².